The third-order valence-electron chi connectivity index (χ3n) is 4.89. The van der Waals surface area contributed by atoms with Crippen molar-refractivity contribution in [2.45, 2.75) is 116 Å². The molecule has 0 saturated carbocycles. The van der Waals surface area contributed by atoms with Gasteiger partial charge in [-0.25, -0.2) is 0 Å². The molecule has 0 aromatic rings. The van der Waals surface area contributed by atoms with Crippen LogP contribution >= 0.6 is 0 Å². The number of unbranched alkanes of at least 4 members (excludes halogenated alkanes) is 12. The summed E-state index contributed by atoms with van der Waals surface area (Å²) in [6.07, 6.45) is 20.1. The van der Waals surface area contributed by atoms with Crippen LogP contribution < -0.4 is 0 Å². The van der Waals surface area contributed by atoms with Gasteiger partial charge in [-0.05, 0) is 45.4 Å². The zero-order valence-corrected chi connectivity index (χ0v) is 18.8. The van der Waals surface area contributed by atoms with Crippen molar-refractivity contribution in [3.63, 3.8) is 0 Å². The van der Waals surface area contributed by atoms with Gasteiger partial charge >= 0.3 is 11.9 Å². The van der Waals surface area contributed by atoms with E-state index in [-0.39, 0.29) is 24.6 Å². The minimum absolute atomic E-state index is 0.148. The van der Waals surface area contributed by atoms with Gasteiger partial charge in [-0.15, -0.1) is 13.2 Å². The molecule has 0 N–H and O–H groups in total. The minimum Gasteiger partial charge on any atom is -0.462 e. The Balaban J connectivity index is 3.50. The summed E-state index contributed by atoms with van der Waals surface area (Å²) < 4.78 is 10.5. The van der Waals surface area contributed by atoms with Crippen LogP contribution in [0.1, 0.15) is 110 Å². The Morgan fingerprint density at radius 2 is 1.10 bits per heavy atom. The minimum atomic E-state index is -0.379. The lowest BCUT2D eigenvalue weighted by atomic mass is 10.1. The van der Waals surface area contributed by atoms with Crippen LogP contribution in [0.2, 0.25) is 0 Å². The van der Waals surface area contributed by atoms with Gasteiger partial charge in [0.1, 0.15) is 12.7 Å². The monoisotopic (exact) mass is 408 g/mol. The number of allylic oxidation sites excluding steroid dienone is 2. The van der Waals surface area contributed by atoms with Crippen LogP contribution in [0.3, 0.4) is 0 Å². The molecule has 1 unspecified atom stereocenters. The van der Waals surface area contributed by atoms with Crippen molar-refractivity contribution >= 4 is 11.9 Å². The van der Waals surface area contributed by atoms with Gasteiger partial charge in [-0.2, -0.15) is 0 Å². The van der Waals surface area contributed by atoms with Crippen molar-refractivity contribution in [2.24, 2.45) is 0 Å². The summed E-state index contributed by atoms with van der Waals surface area (Å²) in [4.78, 5) is 23.6. The SMILES string of the molecule is C=CCCCCCCCCC(=O)OCC(C)OC(=O)CCCCCCCCC=C. The number of ether oxygens (including phenoxy) is 2. The Hall–Kier alpha value is -1.58. The number of carbonyl (C=O) groups is 2. The molecule has 168 valence electrons. The average molecular weight is 409 g/mol. The number of esters is 2. The second-order valence-electron chi connectivity index (χ2n) is 7.88. The highest BCUT2D eigenvalue weighted by Crippen LogP contribution is 2.11. The fourth-order valence-corrected chi connectivity index (χ4v) is 3.13. The van der Waals surface area contributed by atoms with Crippen LogP contribution in [-0.4, -0.2) is 24.6 Å². The van der Waals surface area contributed by atoms with Gasteiger partial charge in [0.25, 0.3) is 0 Å². The molecule has 1 atom stereocenters. The van der Waals surface area contributed by atoms with Gasteiger partial charge in [-0.1, -0.05) is 63.5 Å². The fraction of sp³-hybridized carbons (Fsp3) is 0.760. The molecule has 0 bridgehead atoms. The van der Waals surface area contributed by atoms with Crippen molar-refractivity contribution in [1.29, 1.82) is 0 Å². The molecule has 0 aromatic carbocycles. The van der Waals surface area contributed by atoms with Gasteiger partial charge in [0, 0.05) is 12.8 Å². The fourth-order valence-electron chi connectivity index (χ4n) is 3.13. The molecule has 0 rings (SSSR count). The molecule has 0 amide bonds. The number of hydrogen-bond acceptors (Lipinski definition) is 4. The molecule has 0 heterocycles. The highest BCUT2D eigenvalue weighted by molar-refractivity contribution is 5.70. The van der Waals surface area contributed by atoms with Crippen LogP contribution in [0, 0.1) is 0 Å². The molecule has 29 heavy (non-hydrogen) atoms. The average Bonchev–Trinajstić information content (AvgIpc) is 2.70. The van der Waals surface area contributed by atoms with E-state index in [2.05, 4.69) is 13.2 Å². The molecule has 4 nitrogen and oxygen atoms in total. The lowest BCUT2D eigenvalue weighted by molar-refractivity contribution is -0.158. The zero-order chi connectivity index (χ0) is 21.6. The van der Waals surface area contributed by atoms with E-state index in [1.54, 1.807) is 6.92 Å². The van der Waals surface area contributed by atoms with E-state index in [0.717, 1.165) is 51.4 Å². The number of rotatable bonds is 21. The Kier molecular flexibility index (Phi) is 20.0. The van der Waals surface area contributed by atoms with Crippen LogP contribution in [0.25, 0.3) is 0 Å². The predicted octanol–water partition coefficient (Wildman–Crippen LogP) is 7.07. The molecule has 4 heteroatoms. The normalized spacial score (nSPS) is 11.6. The Morgan fingerprint density at radius 1 is 0.690 bits per heavy atom. The summed E-state index contributed by atoms with van der Waals surface area (Å²) in [6.45, 7) is 9.36. The third-order valence-corrected chi connectivity index (χ3v) is 4.89. The summed E-state index contributed by atoms with van der Waals surface area (Å²) in [5.74, 6) is -0.396. The first-order chi connectivity index (χ1) is 14.1. The maximum absolute atomic E-state index is 11.8. The zero-order valence-electron chi connectivity index (χ0n) is 18.8. The maximum atomic E-state index is 11.8. The van der Waals surface area contributed by atoms with Crippen LogP contribution in [0.5, 0.6) is 0 Å². The van der Waals surface area contributed by atoms with Crippen molar-refractivity contribution in [2.75, 3.05) is 6.61 Å². The van der Waals surface area contributed by atoms with Gasteiger partial charge in [-0.3, -0.25) is 9.59 Å². The van der Waals surface area contributed by atoms with Crippen molar-refractivity contribution in [1.82, 2.24) is 0 Å². The quantitative estimate of drug-likeness (QED) is 0.116. The molecule has 0 spiro atoms. The molecule has 0 saturated heterocycles. The van der Waals surface area contributed by atoms with Crippen LogP contribution in [-0.2, 0) is 19.1 Å². The Morgan fingerprint density at radius 3 is 1.59 bits per heavy atom. The first-order valence-corrected chi connectivity index (χ1v) is 11.7. The molecule has 0 fully saturated rings. The van der Waals surface area contributed by atoms with Crippen molar-refractivity contribution < 1.29 is 19.1 Å². The van der Waals surface area contributed by atoms with Crippen LogP contribution in [0.15, 0.2) is 25.3 Å². The number of carbonyl (C=O) groups excluding carboxylic acids is 2. The predicted molar refractivity (Wildman–Crippen MR) is 121 cm³/mol. The van der Waals surface area contributed by atoms with Gasteiger partial charge in [0.2, 0.25) is 0 Å². The topological polar surface area (TPSA) is 52.6 Å². The summed E-state index contributed by atoms with van der Waals surface area (Å²) in [7, 11) is 0. The second kappa shape index (κ2) is 21.1. The van der Waals surface area contributed by atoms with E-state index >= 15 is 0 Å². The first-order valence-electron chi connectivity index (χ1n) is 11.7. The van der Waals surface area contributed by atoms with E-state index in [4.69, 9.17) is 9.47 Å². The van der Waals surface area contributed by atoms with Gasteiger partial charge in [0.15, 0.2) is 0 Å². The number of hydrogen-bond donors (Lipinski definition) is 0. The van der Waals surface area contributed by atoms with E-state index in [1.807, 2.05) is 12.2 Å². The molecular formula is C25H44O4. The molecular weight excluding hydrogens is 364 g/mol. The lowest BCUT2D eigenvalue weighted by Crippen LogP contribution is -2.22. The molecule has 0 aliphatic carbocycles. The van der Waals surface area contributed by atoms with Gasteiger partial charge < -0.3 is 9.47 Å². The van der Waals surface area contributed by atoms with E-state index in [0.29, 0.717) is 12.8 Å². The van der Waals surface area contributed by atoms with Crippen molar-refractivity contribution in [3.8, 4) is 0 Å². The molecule has 0 aliphatic heterocycles. The Labute approximate surface area is 179 Å². The largest absolute Gasteiger partial charge is 0.462 e. The van der Waals surface area contributed by atoms with Gasteiger partial charge in [0.05, 0.1) is 0 Å². The summed E-state index contributed by atoms with van der Waals surface area (Å²) in [5.41, 5.74) is 0. The van der Waals surface area contributed by atoms with Crippen molar-refractivity contribution in [3.05, 3.63) is 25.3 Å². The van der Waals surface area contributed by atoms with E-state index in [1.165, 1.54) is 38.5 Å². The molecule has 0 aromatic heterocycles. The van der Waals surface area contributed by atoms with E-state index < -0.39 is 0 Å². The second-order valence-corrected chi connectivity index (χ2v) is 7.88. The highest BCUT2D eigenvalue weighted by atomic mass is 16.6. The summed E-state index contributed by atoms with van der Waals surface area (Å²) >= 11 is 0. The van der Waals surface area contributed by atoms with E-state index in [9.17, 15) is 9.59 Å². The highest BCUT2D eigenvalue weighted by Gasteiger charge is 2.12. The summed E-state index contributed by atoms with van der Waals surface area (Å²) in [6, 6.07) is 0. The summed E-state index contributed by atoms with van der Waals surface area (Å²) in [5, 5.41) is 0. The lowest BCUT2D eigenvalue weighted by Gasteiger charge is -2.13. The molecule has 0 aliphatic rings. The Bertz CT molecular complexity index is 431. The maximum Gasteiger partial charge on any atom is 0.306 e. The smallest absolute Gasteiger partial charge is 0.306 e. The molecule has 0 radical (unpaired) electrons. The third kappa shape index (κ3) is 21.0. The standard InChI is InChI=1S/C25H44O4/c1-4-6-8-10-12-14-16-18-20-24(26)28-22-23(3)29-25(27)21-19-17-15-13-11-9-7-5-2/h4-5,23H,1-2,6-22H2,3H3. The van der Waals surface area contributed by atoms with Crippen LogP contribution in [0.4, 0.5) is 0 Å². The first kappa shape index (κ1) is 27.4.